The fourth-order valence-electron chi connectivity index (χ4n) is 4.55. The zero-order valence-corrected chi connectivity index (χ0v) is 20.1. The highest BCUT2D eigenvalue weighted by Gasteiger charge is 2.49. The van der Waals surface area contributed by atoms with E-state index in [4.69, 9.17) is 0 Å². The lowest BCUT2D eigenvalue weighted by Crippen LogP contribution is -2.48. The van der Waals surface area contributed by atoms with E-state index in [9.17, 15) is 0 Å². The van der Waals surface area contributed by atoms with Crippen LogP contribution < -0.4 is 0 Å². The summed E-state index contributed by atoms with van der Waals surface area (Å²) in [5.74, 6) is 2.92. The first-order chi connectivity index (χ1) is 10.7. The largest absolute Gasteiger partial charge is 0.241 e. The van der Waals surface area contributed by atoms with E-state index in [1.165, 1.54) is 37.9 Å². The van der Waals surface area contributed by atoms with Gasteiger partial charge in [0.05, 0.1) is 0 Å². The van der Waals surface area contributed by atoms with Gasteiger partial charge >= 0.3 is 0 Å². The molecule has 0 radical (unpaired) electrons. The smallest absolute Gasteiger partial charge is 0.000250 e. The molecule has 0 nitrogen and oxygen atoms in total. The number of unbranched alkanes of at least 4 members (excludes halogenated alkanes) is 1. The predicted molar refractivity (Wildman–Crippen MR) is 119 cm³/mol. The van der Waals surface area contributed by atoms with Crippen LogP contribution in [-0.4, -0.2) is 23.0 Å². The van der Waals surface area contributed by atoms with Gasteiger partial charge in [-0.3, -0.25) is 0 Å². The maximum atomic E-state index is 2.60. The molecule has 1 unspecified atom stereocenters. The lowest BCUT2D eigenvalue weighted by molar-refractivity contribution is 0.0119. The van der Waals surface area contributed by atoms with Crippen LogP contribution in [0.15, 0.2) is 0 Å². The van der Waals surface area contributed by atoms with Crippen LogP contribution in [0.3, 0.4) is 0 Å². The Morgan fingerprint density at radius 3 is 1.71 bits per heavy atom. The van der Waals surface area contributed by atoms with Crippen LogP contribution in [0, 0.1) is 22.7 Å². The van der Waals surface area contributed by atoms with Gasteiger partial charge in [0.2, 0.25) is 0 Å². The third kappa shape index (κ3) is 4.95. The second kappa shape index (κ2) is 8.83. The average molecular weight is 359 g/mol. The first kappa shape index (κ1) is 24.4. The molecule has 0 aliphatic rings. The summed E-state index contributed by atoms with van der Waals surface area (Å²) >= 11 is 0. The summed E-state index contributed by atoms with van der Waals surface area (Å²) in [6.07, 6.45) is 11.9. The normalized spacial score (nSPS) is 18.5. The first-order valence-electron chi connectivity index (χ1n) is 10.4. The molecule has 0 aromatic rings. The van der Waals surface area contributed by atoms with Gasteiger partial charge in [-0.15, -0.1) is 0 Å². The van der Waals surface area contributed by atoms with Gasteiger partial charge in [-0.1, -0.05) is 88.5 Å². The topological polar surface area (TPSA) is 0 Å². The van der Waals surface area contributed by atoms with Gasteiger partial charge in [0, 0.05) is 0 Å². The van der Waals surface area contributed by atoms with Crippen molar-refractivity contribution >= 4 is 10.0 Å². The number of hydrogen-bond acceptors (Lipinski definition) is 0. The molecule has 0 bridgehead atoms. The van der Waals surface area contributed by atoms with Crippen molar-refractivity contribution in [1.82, 2.24) is 0 Å². The van der Waals surface area contributed by atoms with Crippen LogP contribution in [0.1, 0.15) is 101 Å². The van der Waals surface area contributed by atoms with Crippen LogP contribution in [0.25, 0.3) is 0 Å². The van der Waals surface area contributed by atoms with Gasteiger partial charge in [-0.25, -0.2) is 10.0 Å². The second-order valence-electron chi connectivity index (χ2n) is 10.3. The predicted octanol–water partition coefficient (Wildman–Crippen LogP) is 8.14. The maximum Gasteiger partial charge on any atom is -0.000250 e. The van der Waals surface area contributed by atoms with Crippen molar-refractivity contribution in [2.75, 3.05) is 18.3 Å². The zero-order valence-electron chi connectivity index (χ0n) is 19.3. The van der Waals surface area contributed by atoms with Gasteiger partial charge in [0.1, 0.15) is 0 Å². The highest BCUT2D eigenvalue weighted by molar-refractivity contribution is 8.33. The van der Waals surface area contributed by atoms with Crippen LogP contribution in [0.5, 0.6) is 0 Å². The van der Waals surface area contributed by atoms with Crippen molar-refractivity contribution in [3.8, 4) is 0 Å². The van der Waals surface area contributed by atoms with Crippen molar-refractivity contribution in [2.24, 2.45) is 22.7 Å². The van der Waals surface area contributed by atoms with Crippen molar-refractivity contribution in [2.45, 2.75) is 106 Å². The summed E-state index contributed by atoms with van der Waals surface area (Å²) in [6, 6.07) is 0. The van der Waals surface area contributed by atoms with E-state index < -0.39 is 10.0 Å². The molecule has 0 spiro atoms. The molecule has 0 amide bonds. The van der Waals surface area contributed by atoms with E-state index in [0.29, 0.717) is 15.6 Å². The SMILES string of the molecule is CCCC[C@H](CC)C(C)(C)C(C)(C)CC(C)(C(C)C)S(C)(C)CC. The fourth-order valence-corrected chi connectivity index (χ4v) is 7.24. The summed E-state index contributed by atoms with van der Waals surface area (Å²) in [4.78, 5) is 0. The molecule has 148 valence electrons. The number of rotatable bonds is 11. The molecule has 0 rings (SSSR count). The average Bonchev–Trinajstić information content (AvgIpc) is 2.46. The van der Waals surface area contributed by atoms with Crippen LogP contribution in [0.4, 0.5) is 0 Å². The van der Waals surface area contributed by atoms with Crippen molar-refractivity contribution in [1.29, 1.82) is 0 Å². The summed E-state index contributed by atoms with van der Waals surface area (Å²) < 4.78 is 0.450. The van der Waals surface area contributed by atoms with Gasteiger partial charge in [0.25, 0.3) is 0 Å². The molecule has 2 atom stereocenters. The Labute approximate surface area is 157 Å². The Morgan fingerprint density at radius 2 is 1.38 bits per heavy atom. The summed E-state index contributed by atoms with van der Waals surface area (Å²) in [7, 11) is -0.602. The zero-order chi connectivity index (χ0) is 19.4. The second-order valence-corrected chi connectivity index (χ2v) is 14.9. The lowest BCUT2D eigenvalue weighted by atomic mass is 9.56. The molecular formula is C23H50S. The molecule has 0 aromatic carbocycles. The molecule has 24 heavy (non-hydrogen) atoms. The van der Waals surface area contributed by atoms with Gasteiger partial charge in [-0.2, -0.15) is 0 Å². The van der Waals surface area contributed by atoms with Crippen molar-refractivity contribution in [3.05, 3.63) is 0 Å². The standard InChI is InChI=1S/C23H50S/c1-13-16-17-20(14-2)22(8,9)21(6,7)18-23(10,19(4)5)24(11,12)15-3/h19-20H,13-18H2,1-12H3/t20-,23?/m0/s1. The minimum atomic E-state index is -0.602. The third-order valence-corrected chi connectivity index (χ3v) is 12.7. The minimum Gasteiger partial charge on any atom is -0.241 e. The molecular weight excluding hydrogens is 308 g/mol. The van der Waals surface area contributed by atoms with Gasteiger partial charge < -0.3 is 0 Å². The lowest BCUT2D eigenvalue weighted by Gasteiger charge is -2.58. The van der Waals surface area contributed by atoms with E-state index >= 15 is 0 Å². The fraction of sp³-hybridized carbons (Fsp3) is 1.00. The minimum absolute atomic E-state index is 0.361. The van der Waals surface area contributed by atoms with Crippen LogP contribution in [-0.2, 0) is 0 Å². The summed E-state index contributed by atoms with van der Waals surface area (Å²) in [5.41, 5.74) is 0.746. The Balaban J connectivity index is 5.68. The highest BCUT2D eigenvalue weighted by atomic mass is 32.3. The molecule has 0 aliphatic carbocycles. The third-order valence-electron chi connectivity index (χ3n) is 8.16. The first-order valence-corrected chi connectivity index (χ1v) is 13.1. The molecule has 0 saturated heterocycles. The van der Waals surface area contributed by atoms with Crippen LogP contribution in [0.2, 0.25) is 0 Å². The summed E-state index contributed by atoms with van der Waals surface area (Å²) in [6.45, 7) is 24.9. The Kier molecular flexibility index (Phi) is 8.96. The van der Waals surface area contributed by atoms with Gasteiger partial charge in [-0.05, 0) is 58.5 Å². The van der Waals surface area contributed by atoms with E-state index in [-0.39, 0.29) is 0 Å². The van der Waals surface area contributed by atoms with Crippen LogP contribution >= 0.6 is 10.0 Å². The Morgan fingerprint density at radius 1 is 0.875 bits per heavy atom. The Hall–Kier alpha value is 0.350. The quantitative estimate of drug-likeness (QED) is 0.349. The van der Waals surface area contributed by atoms with E-state index in [0.717, 1.165) is 11.8 Å². The molecule has 0 N–H and O–H groups in total. The number of hydrogen-bond donors (Lipinski definition) is 0. The van der Waals surface area contributed by atoms with Crippen molar-refractivity contribution < 1.29 is 0 Å². The highest BCUT2D eigenvalue weighted by Crippen LogP contribution is 2.63. The molecule has 0 saturated carbocycles. The molecule has 1 heteroatoms. The monoisotopic (exact) mass is 358 g/mol. The van der Waals surface area contributed by atoms with Gasteiger partial charge in [0.15, 0.2) is 0 Å². The summed E-state index contributed by atoms with van der Waals surface area (Å²) in [5, 5.41) is 0. The molecule has 0 aliphatic heterocycles. The van der Waals surface area contributed by atoms with E-state index in [2.05, 4.69) is 81.7 Å². The van der Waals surface area contributed by atoms with E-state index in [1.807, 2.05) is 0 Å². The molecule has 0 fully saturated rings. The molecule has 0 aromatic heterocycles. The maximum absolute atomic E-state index is 2.60. The molecule has 0 heterocycles. The Bertz CT molecular complexity index is 364. The van der Waals surface area contributed by atoms with Crippen molar-refractivity contribution in [3.63, 3.8) is 0 Å². The van der Waals surface area contributed by atoms with E-state index in [1.54, 1.807) is 0 Å².